The number of ether oxygens (including phenoxy) is 1. The summed E-state index contributed by atoms with van der Waals surface area (Å²) in [6.45, 7) is 5.29. The van der Waals surface area contributed by atoms with Gasteiger partial charge in [0.25, 0.3) is 0 Å². The number of aryl methyl sites for hydroxylation is 1. The number of aromatic nitrogens is 4. The lowest BCUT2D eigenvalue weighted by atomic mass is 10.1. The molecule has 1 aliphatic rings. The van der Waals surface area contributed by atoms with E-state index in [9.17, 15) is 5.11 Å². The van der Waals surface area contributed by atoms with Crippen LogP contribution in [0.4, 0.5) is 10.2 Å². The number of benzene rings is 1. The van der Waals surface area contributed by atoms with E-state index in [0.29, 0.717) is 46.0 Å². The average Bonchev–Trinajstić information content (AvgIpc) is 2.93. The van der Waals surface area contributed by atoms with Gasteiger partial charge in [0.15, 0.2) is 11.0 Å². The van der Waals surface area contributed by atoms with Gasteiger partial charge < -0.3 is 14.7 Å². The van der Waals surface area contributed by atoms with E-state index in [1.165, 1.54) is 11.8 Å². The zero-order valence-corrected chi connectivity index (χ0v) is 18.3. The number of aliphatic hydroxyl groups is 1. The Morgan fingerprint density at radius 3 is 2.93 bits per heavy atom. The molecule has 4 rings (SSSR count). The molecule has 1 N–H and O–H groups in total. The molecule has 3 aromatic rings. The molecule has 7 nitrogen and oxygen atoms in total. The summed E-state index contributed by atoms with van der Waals surface area (Å²) in [6, 6.07) is 0. The fourth-order valence-electron chi connectivity index (χ4n) is 3.48. The van der Waals surface area contributed by atoms with Gasteiger partial charge in [-0.25, -0.2) is 14.4 Å². The molecule has 3 heterocycles. The lowest BCUT2D eigenvalue weighted by molar-refractivity contribution is -0.0123. The molecule has 0 saturated carbocycles. The summed E-state index contributed by atoms with van der Waals surface area (Å²) in [4.78, 5) is 11.2. The van der Waals surface area contributed by atoms with Crippen molar-refractivity contribution in [1.29, 1.82) is 0 Å². The smallest absolute Gasteiger partial charge is 0.190 e. The molecule has 0 radical (unpaired) electrons. The quantitative estimate of drug-likeness (QED) is 0.466. The minimum Gasteiger partial charge on any atom is -0.386 e. The Labute approximate surface area is 174 Å². The first-order valence-electron chi connectivity index (χ1n) is 9.00. The molecule has 28 heavy (non-hydrogen) atoms. The molecule has 0 unspecified atom stereocenters. The molecule has 1 saturated heterocycles. The van der Waals surface area contributed by atoms with Gasteiger partial charge in [0.05, 0.1) is 29.6 Å². The van der Waals surface area contributed by atoms with Crippen molar-refractivity contribution < 1.29 is 14.2 Å². The first-order valence-corrected chi connectivity index (χ1v) is 10.8. The van der Waals surface area contributed by atoms with Crippen LogP contribution in [0.1, 0.15) is 13.8 Å². The van der Waals surface area contributed by atoms with Crippen LogP contribution >= 0.6 is 27.7 Å². The summed E-state index contributed by atoms with van der Waals surface area (Å²) in [5, 5.41) is 16.9. The largest absolute Gasteiger partial charge is 0.386 e. The van der Waals surface area contributed by atoms with E-state index in [4.69, 9.17) is 9.72 Å². The first kappa shape index (κ1) is 19.8. The van der Waals surface area contributed by atoms with Crippen LogP contribution in [0, 0.1) is 5.82 Å². The Balaban J connectivity index is 2.05. The third-order valence-corrected chi connectivity index (χ3v) is 6.05. The van der Waals surface area contributed by atoms with E-state index in [0.717, 1.165) is 11.1 Å². The number of nitrogens with zero attached hydrogens (tertiary/aromatic N) is 5. The van der Waals surface area contributed by atoms with Crippen molar-refractivity contribution in [2.24, 2.45) is 7.05 Å². The molecule has 0 aliphatic carbocycles. The van der Waals surface area contributed by atoms with E-state index in [2.05, 4.69) is 26.0 Å². The van der Waals surface area contributed by atoms with Gasteiger partial charge in [-0.2, -0.15) is 5.10 Å². The number of anilines is 1. The highest BCUT2D eigenvalue weighted by molar-refractivity contribution is 9.10. The zero-order valence-electron chi connectivity index (χ0n) is 15.9. The molecule has 0 bridgehead atoms. The monoisotopic (exact) mass is 469 g/mol. The van der Waals surface area contributed by atoms with Crippen LogP contribution in [0.2, 0.25) is 0 Å². The number of thioether (sulfide) groups is 1. The van der Waals surface area contributed by atoms with Gasteiger partial charge in [-0.05, 0) is 28.6 Å². The van der Waals surface area contributed by atoms with Crippen molar-refractivity contribution in [3.8, 4) is 0 Å². The molecule has 150 valence electrons. The number of halogens is 2. The topological polar surface area (TPSA) is 76.3 Å². The maximum Gasteiger partial charge on any atom is 0.190 e. The van der Waals surface area contributed by atoms with Crippen molar-refractivity contribution in [3.05, 3.63) is 16.5 Å². The van der Waals surface area contributed by atoms with E-state index in [1.807, 2.05) is 18.0 Å². The molecule has 1 aromatic carbocycles. The van der Waals surface area contributed by atoms with Crippen molar-refractivity contribution in [2.45, 2.75) is 24.6 Å². The predicted molar refractivity (Wildman–Crippen MR) is 112 cm³/mol. The second-order valence-corrected chi connectivity index (χ2v) is 9.17. The van der Waals surface area contributed by atoms with Crippen molar-refractivity contribution in [2.75, 3.05) is 37.0 Å². The molecule has 1 fully saturated rings. The normalized spacial score (nSPS) is 20.9. The van der Waals surface area contributed by atoms with Crippen molar-refractivity contribution in [3.63, 3.8) is 0 Å². The second kappa shape index (κ2) is 7.40. The van der Waals surface area contributed by atoms with Crippen molar-refractivity contribution in [1.82, 2.24) is 19.7 Å². The summed E-state index contributed by atoms with van der Waals surface area (Å²) in [5.74, 6) is 0.903. The van der Waals surface area contributed by atoms with Crippen LogP contribution in [0.3, 0.4) is 0 Å². The molecule has 0 amide bonds. The second-order valence-electron chi connectivity index (χ2n) is 7.15. The van der Waals surface area contributed by atoms with Gasteiger partial charge >= 0.3 is 0 Å². The Bertz CT molecular complexity index is 1060. The van der Waals surface area contributed by atoms with Gasteiger partial charge in [0, 0.05) is 25.2 Å². The van der Waals surface area contributed by atoms with E-state index < -0.39 is 11.4 Å². The fourth-order valence-corrected chi connectivity index (χ4v) is 4.53. The highest BCUT2D eigenvalue weighted by Crippen LogP contribution is 2.39. The third-order valence-electron chi connectivity index (χ3n) is 4.60. The molecule has 1 atom stereocenters. The minimum atomic E-state index is -1.03. The molecule has 2 aromatic heterocycles. The van der Waals surface area contributed by atoms with Gasteiger partial charge in [0.2, 0.25) is 0 Å². The molecule has 0 spiro atoms. The minimum absolute atomic E-state index is 0.241. The van der Waals surface area contributed by atoms with Crippen molar-refractivity contribution >= 4 is 55.3 Å². The lowest BCUT2D eigenvalue weighted by Crippen LogP contribution is -2.42. The van der Waals surface area contributed by atoms with Gasteiger partial charge in [0.1, 0.15) is 22.5 Å². The summed E-state index contributed by atoms with van der Waals surface area (Å²) < 4.78 is 22.7. The zero-order chi connectivity index (χ0) is 20.1. The lowest BCUT2D eigenvalue weighted by Gasteiger charge is -2.29. The van der Waals surface area contributed by atoms with Gasteiger partial charge in [-0.3, -0.25) is 4.68 Å². The predicted octanol–water partition coefficient (Wildman–Crippen LogP) is 3.12. The maximum atomic E-state index is 15.2. The summed E-state index contributed by atoms with van der Waals surface area (Å²) in [7, 11) is 1.79. The Hall–Kier alpha value is -1.49. The molecule has 1 aliphatic heterocycles. The summed E-state index contributed by atoms with van der Waals surface area (Å²) in [5.41, 5.74) is -0.266. The summed E-state index contributed by atoms with van der Waals surface area (Å²) >= 11 is 4.79. The number of β-amino-alcohol motifs (C(OH)–C–C–N with tert-alkyl or cyclic N) is 1. The van der Waals surface area contributed by atoms with E-state index in [1.54, 1.807) is 18.7 Å². The Kier molecular flexibility index (Phi) is 5.24. The number of hydrogen-bond donors (Lipinski definition) is 1. The highest BCUT2D eigenvalue weighted by Gasteiger charge is 2.31. The number of hydrogen-bond acceptors (Lipinski definition) is 7. The van der Waals surface area contributed by atoms with Crippen LogP contribution in [0.25, 0.3) is 21.8 Å². The Morgan fingerprint density at radius 2 is 2.18 bits per heavy atom. The van der Waals surface area contributed by atoms with Crippen LogP contribution in [-0.2, 0) is 11.8 Å². The molecule has 10 heteroatoms. The number of fused-ring (bicyclic) bond motifs is 3. The van der Waals surface area contributed by atoms with Crippen LogP contribution in [-0.4, -0.2) is 62.5 Å². The highest BCUT2D eigenvalue weighted by atomic mass is 79.9. The van der Waals surface area contributed by atoms with E-state index in [-0.39, 0.29) is 12.1 Å². The van der Waals surface area contributed by atoms with Crippen LogP contribution < -0.4 is 4.90 Å². The molecular formula is C18H21BrFN5O2S. The van der Waals surface area contributed by atoms with Gasteiger partial charge in [-0.15, -0.1) is 0 Å². The first-order chi connectivity index (χ1) is 13.3. The van der Waals surface area contributed by atoms with Crippen LogP contribution in [0.15, 0.2) is 15.8 Å². The van der Waals surface area contributed by atoms with Gasteiger partial charge in [-0.1, -0.05) is 18.7 Å². The SMILES string of the molecule is CCSc1nc(N2CCOC[C@@](C)(O)C2)c2c(n1)c(F)c(Br)c1nn(C)cc12. The number of rotatable bonds is 3. The fraction of sp³-hybridized carbons (Fsp3) is 0.500. The third kappa shape index (κ3) is 3.47. The molecular weight excluding hydrogens is 449 g/mol. The standard InChI is InChI=1S/C18H21BrFN5O2S/c1-4-28-17-21-15-11(10-7-24(3)23-14(10)12(19)13(15)20)16(22-17)25-5-6-27-9-18(2,26)8-25/h7,26H,4-6,8-9H2,1-3H3/t18-/m0/s1. The van der Waals surface area contributed by atoms with E-state index >= 15 is 4.39 Å². The maximum absolute atomic E-state index is 15.2. The summed E-state index contributed by atoms with van der Waals surface area (Å²) in [6.07, 6.45) is 1.84. The average molecular weight is 470 g/mol. The van der Waals surface area contributed by atoms with Crippen LogP contribution in [0.5, 0.6) is 0 Å². The Morgan fingerprint density at radius 1 is 1.39 bits per heavy atom.